The number of hydrogen-bond donors (Lipinski definition) is 0. The van der Waals surface area contributed by atoms with E-state index in [0.29, 0.717) is 0 Å². The summed E-state index contributed by atoms with van der Waals surface area (Å²) in [6.45, 7) is 22.0. The van der Waals surface area contributed by atoms with Crippen molar-refractivity contribution in [3.8, 4) is 0 Å². The van der Waals surface area contributed by atoms with Crippen molar-refractivity contribution >= 4 is 9.52 Å². The lowest BCUT2D eigenvalue weighted by Gasteiger charge is -2.45. The Hall–Kier alpha value is -0.0831. The van der Waals surface area contributed by atoms with Gasteiger partial charge in [0.15, 0.2) is 0 Å². The molecule has 0 atom stereocenters. The average Bonchev–Trinajstić information content (AvgIpc) is 2.07. The molecule has 102 valence electrons. The molecule has 0 aromatic carbocycles. The molecule has 0 unspecified atom stereocenters. The van der Waals surface area contributed by atoms with Crippen LogP contribution in [0, 0.1) is 0 Å². The van der Waals surface area contributed by atoms with E-state index < -0.39 is 0 Å². The SMILES string of the molecule is CC(C)=C(C)[SiH2]CCN(C(C)(C)C)C(C)(C)C. The van der Waals surface area contributed by atoms with Gasteiger partial charge in [-0.05, 0) is 74.9 Å². The number of hydrogen-bond acceptors (Lipinski definition) is 1. The van der Waals surface area contributed by atoms with Crippen LogP contribution in [0.3, 0.4) is 0 Å². The van der Waals surface area contributed by atoms with Crippen molar-refractivity contribution in [2.24, 2.45) is 0 Å². The molecule has 0 fully saturated rings. The second-order valence-electron chi connectivity index (χ2n) is 7.38. The highest BCUT2D eigenvalue weighted by Gasteiger charge is 2.30. The fourth-order valence-corrected chi connectivity index (χ4v) is 3.93. The van der Waals surface area contributed by atoms with Gasteiger partial charge in [0.2, 0.25) is 0 Å². The number of allylic oxidation sites excluding steroid dienone is 2. The zero-order valence-corrected chi connectivity index (χ0v) is 15.0. The predicted molar refractivity (Wildman–Crippen MR) is 83.6 cm³/mol. The van der Waals surface area contributed by atoms with Gasteiger partial charge >= 0.3 is 0 Å². The number of rotatable bonds is 4. The van der Waals surface area contributed by atoms with Crippen LogP contribution in [0.5, 0.6) is 0 Å². The van der Waals surface area contributed by atoms with Crippen molar-refractivity contribution < 1.29 is 0 Å². The topological polar surface area (TPSA) is 3.24 Å². The maximum absolute atomic E-state index is 2.64. The Labute approximate surface area is 111 Å². The van der Waals surface area contributed by atoms with E-state index in [1.807, 2.05) is 0 Å². The molecule has 0 radical (unpaired) electrons. The molecule has 0 aliphatic rings. The summed E-state index contributed by atoms with van der Waals surface area (Å²) in [5.74, 6) is 0. The van der Waals surface area contributed by atoms with Gasteiger partial charge in [0.25, 0.3) is 0 Å². The molecule has 0 rings (SSSR count). The van der Waals surface area contributed by atoms with E-state index in [9.17, 15) is 0 Å². The third kappa shape index (κ3) is 6.42. The summed E-state index contributed by atoms with van der Waals surface area (Å²) in [5.41, 5.74) is 2.08. The maximum atomic E-state index is 2.64. The largest absolute Gasteiger partial charge is 0.294 e. The van der Waals surface area contributed by atoms with Crippen molar-refractivity contribution in [1.82, 2.24) is 4.90 Å². The molecule has 1 nitrogen and oxygen atoms in total. The fraction of sp³-hybridized carbons (Fsp3) is 0.867. The molecule has 0 saturated heterocycles. The van der Waals surface area contributed by atoms with Crippen LogP contribution >= 0.6 is 0 Å². The summed E-state index contributed by atoms with van der Waals surface area (Å²) in [4.78, 5) is 2.64. The molecule has 17 heavy (non-hydrogen) atoms. The summed E-state index contributed by atoms with van der Waals surface area (Å²) < 4.78 is 0. The minimum atomic E-state index is -0.0325. The minimum absolute atomic E-state index is 0.0325. The third-order valence-electron chi connectivity index (χ3n) is 3.41. The van der Waals surface area contributed by atoms with E-state index in [2.05, 4.69) is 67.2 Å². The molecular weight excluding hydrogens is 222 g/mol. The first-order valence-corrected chi connectivity index (χ1v) is 8.57. The summed E-state index contributed by atoms with van der Waals surface area (Å²) in [5, 5.41) is 1.69. The van der Waals surface area contributed by atoms with Crippen LogP contribution in [0.2, 0.25) is 6.04 Å². The van der Waals surface area contributed by atoms with Crippen molar-refractivity contribution in [2.45, 2.75) is 79.4 Å². The number of nitrogens with zero attached hydrogens (tertiary/aromatic N) is 1. The summed E-state index contributed by atoms with van der Waals surface area (Å²) in [7, 11) is -0.0325. The van der Waals surface area contributed by atoms with Crippen LogP contribution in [0.4, 0.5) is 0 Å². The van der Waals surface area contributed by atoms with Crippen molar-refractivity contribution in [2.75, 3.05) is 6.54 Å². The van der Waals surface area contributed by atoms with Gasteiger partial charge in [0.1, 0.15) is 0 Å². The quantitative estimate of drug-likeness (QED) is 0.691. The van der Waals surface area contributed by atoms with Gasteiger partial charge in [-0.2, -0.15) is 0 Å². The highest BCUT2D eigenvalue weighted by Crippen LogP contribution is 2.24. The molecule has 0 bridgehead atoms. The Balaban J connectivity index is 4.46. The molecule has 0 aromatic rings. The smallest absolute Gasteiger partial charge is 0.0503 e. The lowest BCUT2D eigenvalue weighted by Crippen LogP contribution is -2.53. The summed E-state index contributed by atoms with van der Waals surface area (Å²) >= 11 is 0. The van der Waals surface area contributed by atoms with Gasteiger partial charge in [-0.15, -0.1) is 0 Å². The molecule has 0 aliphatic carbocycles. The van der Waals surface area contributed by atoms with Crippen LogP contribution < -0.4 is 0 Å². The average molecular weight is 256 g/mol. The van der Waals surface area contributed by atoms with E-state index in [1.54, 1.807) is 5.20 Å². The molecule has 0 aromatic heterocycles. The van der Waals surface area contributed by atoms with E-state index >= 15 is 0 Å². The van der Waals surface area contributed by atoms with Gasteiger partial charge in [-0.3, -0.25) is 4.90 Å². The lowest BCUT2D eigenvalue weighted by atomic mass is 9.96. The standard InChI is InChI=1S/C15H33NSi/c1-12(2)13(3)17-11-10-16(14(4,5)6)15(7,8)9/h10-11,17H2,1-9H3. The highest BCUT2D eigenvalue weighted by molar-refractivity contribution is 6.45. The molecule has 0 heterocycles. The van der Waals surface area contributed by atoms with Crippen LogP contribution in [0.25, 0.3) is 0 Å². The molecule has 0 saturated carbocycles. The fourth-order valence-electron chi connectivity index (χ4n) is 2.43. The maximum Gasteiger partial charge on any atom is 0.0503 e. The Bertz CT molecular complexity index is 248. The summed E-state index contributed by atoms with van der Waals surface area (Å²) in [6.07, 6.45) is 0. The van der Waals surface area contributed by atoms with Gasteiger partial charge < -0.3 is 0 Å². The van der Waals surface area contributed by atoms with Crippen LogP contribution in [-0.4, -0.2) is 32.0 Å². The first-order chi connectivity index (χ1) is 7.46. The van der Waals surface area contributed by atoms with Crippen LogP contribution in [0.1, 0.15) is 62.3 Å². The van der Waals surface area contributed by atoms with Crippen molar-refractivity contribution in [3.05, 3.63) is 10.8 Å². The Morgan fingerprint density at radius 3 is 1.59 bits per heavy atom. The van der Waals surface area contributed by atoms with Crippen molar-refractivity contribution in [3.63, 3.8) is 0 Å². The third-order valence-corrected chi connectivity index (χ3v) is 5.53. The highest BCUT2D eigenvalue weighted by atomic mass is 28.2. The second-order valence-corrected chi connectivity index (χ2v) is 9.64. The van der Waals surface area contributed by atoms with Gasteiger partial charge in [0, 0.05) is 11.1 Å². The predicted octanol–water partition coefficient (Wildman–Crippen LogP) is 3.79. The van der Waals surface area contributed by atoms with Crippen LogP contribution in [-0.2, 0) is 0 Å². The van der Waals surface area contributed by atoms with E-state index in [4.69, 9.17) is 0 Å². The van der Waals surface area contributed by atoms with E-state index in [1.165, 1.54) is 18.2 Å². The second kappa shape index (κ2) is 6.19. The molecule has 0 aliphatic heterocycles. The monoisotopic (exact) mass is 255 g/mol. The zero-order valence-electron chi connectivity index (χ0n) is 13.6. The van der Waals surface area contributed by atoms with E-state index in [-0.39, 0.29) is 20.6 Å². The Morgan fingerprint density at radius 1 is 0.882 bits per heavy atom. The normalized spacial score (nSPS) is 13.8. The molecule has 2 heteroatoms. The molecule has 0 N–H and O–H groups in total. The van der Waals surface area contributed by atoms with Crippen LogP contribution in [0.15, 0.2) is 10.8 Å². The molecule has 0 amide bonds. The minimum Gasteiger partial charge on any atom is -0.294 e. The Kier molecular flexibility index (Phi) is 6.16. The Morgan fingerprint density at radius 2 is 1.29 bits per heavy atom. The van der Waals surface area contributed by atoms with Gasteiger partial charge in [-0.25, -0.2) is 0 Å². The van der Waals surface area contributed by atoms with Gasteiger partial charge in [-0.1, -0.05) is 10.8 Å². The first-order valence-electron chi connectivity index (χ1n) is 6.87. The lowest BCUT2D eigenvalue weighted by molar-refractivity contribution is 0.0447. The summed E-state index contributed by atoms with van der Waals surface area (Å²) in [6, 6.07) is 1.39. The van der Waals surface area contributed by atoms with Gasteiger partial charge in [0.05, 0.1) is 9.52 Å². The first kappa shape index (κ1) is 16.9. The molecule has 0 spiro atoms. The van der Waals surface area contributed by atoms with Crippen molar-refractivity contribution in [1.29, 1.82) is 0 Å². The zero-order chi connectivity index (χ0) is 13.9. The molecular formula is C15H33NSi. The van der Waals surface area contributed by atoms with E-state index in [0.717, 1.165) is 0 Å².